The van der Waals surface area contributed by atoms with E-state index in [1.165, 1.54) is 17.2 Å². The predicted octanol–water partition coefficient (Wildman–Crippen LogP) is 2.65. The average molecular weight is 418 g/mol. The molecule has 152 valence electrons. The van der Waals surface area contributed by atoms with Crippen LogP contribution in [0.1, 0.15) is 36.4 Å². The molecule has 0 bridgehead atoms. The fourth-order valence-corrected chi connectivity index (χ4v) is 4.15. The second-order valence-corrected chi connectivity index (χ2v) is 7.70. The molecule has 9 heteroatoms. The molecule has 0 radical (unpaired) electrons. The van der Waals surface area contributed by atoms with E-state index in [2.05, 4.69) is 15.2 Å². The highest BCUT2D eigenvalue weighted by Crippen LogP contribution is 2.34. The highest BCUT2D eigenvalue weighted by atomic mass is 35.5. The Bertz CT molecular complexity index is 905. The Hall–Kier alpha value is -2.63. The van der Waals surface area contributed by atoms with Gasteiger partial charge in [0.1, 0.15) is 23.5 Å². The maximum Gasteiger partial charge on any atom is 0.249 e. The quantitative estimate of drug-likeness (QED) is 0.748. The van der Waals surface area contributed by atoms with E-state index in [0.717, 1.165) is 5.84 Å². The first-order chi connectivity index (χ1) is 14.0. The topological polar surface area (TPSA) is 81.0 Å². The van der Waals surface area contributed by atoms with Crippen LogP contribution in [0.25, 0.3) is 0 Å². The lowest BCUT2D eigenvalue weighted by molar-refractivity contribution is -0.183. The summed E-state index contributed by atoms with van der Waals surface area (Å²) in [5.74, 6) is 0.0909. The number of hydrogen-bond donors (Lipinski definition) is 1. The molecule has 0 aliphatic carbocycles. The van der Waals surface area contributed by atoms with Crippen molar-refractivity contribution >= 4 is 23.3 Å². The summed E-state index contributed by atoms with van der Waals surface area (Å²) < 4.78 is 13.9. The van der Waals surface area contributed by atoms with Crippen LogP contribution in [-0.4, -0.2) is 48.1 Å². The zero-order valence-corrected chi connectivity index (χ0v) is 16.5. The largest absolute Gasteiger partial charge is 0.357 e. The number of hydroxylamine groups is 2. The maximum absolute atomic E-state index is 13.9. The van der Waals surface area contributed by atoms with Crippen LogP contribution in [0.15, 0.2) is 34.4 Å². The second-order valence-electron chi connectivity index (χ2n) is 7.29. The number of amidine groups is 1. The molecule has 1 N–H and O–H groups in total. The summed E-state index contributed by atoms with van der Waals surface area (Å²) in [7, 11) is 0. The summed E-state index contributed by atoms with van der Waals surface area (Å²) in [6, 6.07) is 5.76. The summed E-state index contributed by atoms with van der Waals surface area (Å²) in [5, 5.41) is 14.0. The van der Waals surface area contributed by atoms with E-state index in [1.54, 1.807) is 12.1 Å². The summed E-state index contributed by atoms with van der Waals surface area (Å²) in [6.07, 6.45) is 3.72. The van der Waals surface area contributed by atoms with Crippen molar-refractivity contribution in [3.8, 4) is 6.07 Å². The molecular weight excluding hydrogens is 397 g/mol. The Morgan fingerprint density at radius 2 is 2.10 bits per heavy atom. The molecule has 1 atom stereocenters. The van der Waals surface area contributed by atoms with Crippen LogP contribution in [0, 0.1) is 23.1 Å². The molecule has 1 aromatic carbocycles. The highest BCUT2D eigenvalue weighted by Gasteiger charge is 2.37. The van der Waals surface area contributed by atoms with E-state index < -0.39 is 5.82 Å². The minimum Gasteiger partial charge on any atom is -0.357 e. The Kier molecular flexibility index (Phi) is 5.69. The minimum atomic E-state index is -0.485. The lowest BCUT2D eigenvalue weighted by Crippen LogP contribution is -2.44. The first-order valence-corrected chi connectivity index (χ1v) is 10.00. The van der Waals surface area contributed by atoms with Crippen molar-refractivity contribution in [2.24, 2.45) is 10.9 Å². The number of aliphatic imine (C=N–C) groups is 1. The molecule has 0 aromatic heterocycles. The number of hydrogen-bond acceptors (Lipinski definition) is 6. The lowest BCUT2D eigenvalue weighted by Gasteiger charge is -2.35. The third-order valence-corrected chi connectivity index (χ3v) is 5.71. The molecule has 2 fully saturated rings. The van der Waals surface area contributed by atoms with E-state index >= 15 is 0 Å². The molecule has 0 spiro atoms. The summed E-state index contributed by atoms with van der Waals surface area (Å²) in [4.78, 5) is 25.3. The summed E-state index contributed by atoms with van der Waals surface area (Å²) in [5.41, 5.74) is 0.829. The number of piperidine rings is 1. The van der Waals surface area contributed by atoms with Gasteiger partial charge >= 0.3 is 0 Å². The number of nitriles is 1. The van der Waals surface area contributed by atoms with Crippen molar-refractivity contribution in [2.75, 3.05) is 26.4 Å². The van der Waals surface area contributed by atoms with E-state index in [4.69, 9.17) is 21.7 Å². The van der Waals surface area contributed by atoms with Gasteiger partial charge in [-0.05, 0) is 36.6 Å². The van der Waals surface area contributed by atoms with Gasteiger partial charge in [-0.2, -0.15) is 5.26 Å². The molecule has 0 unspecified atom stereocenters. The molecule has 0 saturated carbocycles. The zero-order chi connectivity index (χ0) is 20.4. The average Bonchev–Trinajstić information content (AvgIpc) is 3.23. The van der Waals surface area contributed by atoms with E-state index in [0.29, 0.717) is 56.3 Å². The number of carbonyl (C=O) groups is 1. The Labute approximate surface area is 173 Å². The van der Waals surface area contributed by atoms with Crippen molar-refractivity contribution in [1.82, 2.24) is 15.3 Å². The number of likely N-dealkylation sites (tertiary alicyclic amines) is 1. The molecule has 29 heavy (non-hydrogen) atoms. The van der Waals surface area contributed by atoms with Crippen LogP contribution in [-0.2, 0) is 9.63 Å². The predicted molar refractivity (Wildman–Crippen MR) is 105 cm³/mol. The van der Waals surface area contributed by atoms with Gasteiger partial charge in [0.2, 0.25) is 5.91 Å². The molecule has 1 amide bonds. The third-order valence-electron chi connectivity index (χ3n) is 5.47. The van der Waals surface area contributed by atoms with Crippen LogP contribution in [0.5, 0.6) is 0 Å². The smallest absolute Gasteiger partial charge is 0.249 e. The van der Waals surface area contributed by atoms with Gasteiger partial charge in [0.25, 0.3) is 0 Å². The molecule has 4 rings (SSSR count). The first kappa shape index (κ1) is 19.7. The van der Waals surface area contributed by atoms with Crippen molar-refractivity contribution in [2.45, 2.75) is 25.3 Å². The van der Waals surface area contributed by atoms with Crippen LogP contribution in [0.4, 0.5) is 4.39 Å². The molecule has 3 aliphatic heterocycles. The van der Waals surface area contributed by atoms with Gasteiger partial charge in [-0.3, -0.25) is 9.63 Å². The second kappa shape index (κ2) is 8.39. The van der Waals surface area contributed by atoms with Gasteiger partial charge in [0, 0.05) is 31.5 Å². The van der Waals surface area contributed by atoms with Crippen molar-refractivity contribution in [3.05, 3.63) is 46.4 Å². The fourth-order valence-electron chi connectivity index (χ4n) is 3.99. The Morgan fingerprint density at radius 3 is 2.83 bits per heavy atom. The molecule has 3 heterocycles. The SMILES string of the molecule is N#Cc1cc(F)cc([C@@H]2CCON2C(=O)C2CCN(C3=NCNC(Cl)=C3)CC2)c1. The molecule has 1 aromatic rings. The number of carbonyl (C=O) groups excluding carboxylic acids is 1. The van der Waals surface area contributed by atoms with Crippen LogP contribution in [0.2, 0.25) is 0 Å². The molecular formula is C20H21ClFN5O2. The maximum atomic E-state index is 13.9. The van der Waals surface area contributed by atoms with Crippen LogP contribution >= 0.6 is 11.6 Å². The van der Waals surface area contributed by atoms with Crippen LogP contribution in [0.3, 0.4) is 0 Å². The van der Waals surface area contributed by atoms with Gasteiger partial charge in [0.05, 0.1) is 24.3 Å². The van der Waals surface area contributed by atoms with Gasteiger partial charge in [-0.1, -0.05) is 11.6 Å². The summed E-state index contributed by atoms with van der Waals surface area (Å²) in [6.45, 7) is 2.24. The van der Waals surface area contributed by atoms with Gasteiger partial charge in [0.15, 0.2) is 0 Å². The number of nitrogens with zero attached hydrogens (tertiary/aromatic N) is 4. The number of nitrogens with one attached hydrogen (secondary N) is 1. The number of halogens is 2. The first-order valence-electron chi connectivity index (χ1n) is 9.62. The van der Waals surface area contributed by atoms with Crippen LogP contribution < -0.4 is 5.32 Å². The van der Waals surface area contributed by atoms with Gasteiger partial charge in [-0.25, -0.2) is 14.4 Å². The van der Waals surface area contributed by atoms with Gasteiger partial charge in [-0.15, -0.1) is 0 Å². The van der Waals surface area contributed by atoms with Crippen molar-refractivity contribution in [1.29, 1.82) is 5.26 Å². The standard InChI is InChI=1S/C20H21ClFN5O2/c21-18-10-19(25-12-24-18)26-4-1-14(2-5-26)20(28)27-17(3-6-29-27)15-7-13(11-23)8-16(22)9-15/h7-10,14,17,24H,1-6,12H2/t17-/m0/s1. The monoisotopic (exact) mass is 417 g/mol. The molecule has 7 nitrogen and oxygen atoms in total. The normalized spacial score (nSPS) is 22.6. The lowest BCUT2D eigenvalue weighted by atomic mass is 9.94. The van der Waals surface area contributed by atoms with Crippen molar-refractivity contribution < 1.29 is 14.0 Å². The van der Waals surface area contributed by atoms with E-state index in [1.807, 2.05) is 6.07 Å². The Balaban J connectivity index is 1.43. The molecule has 2 saturated heterocycles. The highest BCUT2D eigenvalue weighted by molar-refractivity contribution is 6.31. The third kappa shape index (κ3) is 4.21. The summed E-state index contributed by atoms with van der Waals surface area (Å²) >= 11 is 6.02. The minimum absolute atomic E-state index is 0.0873. The number of benzene rings is 1. The van der Waals surface area contributed by atoms with E-state index in [9.17, 15) is 9.18 Å². The van der Waals surface area contributed by atoms with Crippen molar-refractivity contribution in [3.63, 3.8) is 0 Å². The number of amides is 1. The Morgan fingerprint density at radius 1 is 1.31 bits per heavy atom. The van der Waals surface area contributed by atoms with E-state index in [-0.39, 0.29) is 23.4 Å². The van der Waals surface area contributed by atoms with Gasteiger partial charge < -0.3 is 10.2 Å². The fraction of sp³-hybridized carbons (Fsp3) is 0.450. The number of rotatable bonds is 2. The molecule has 3 aliphatic rings. The zero-order valence-electron chi connectivity index (χ0n) is 15.8.